The molecule has 3 aliphatic carbocycles. The molecule has 2 atom stereocenters. The average Bonchev–Trinajstić information content (AvgIpc) is 3.24. The van der Waals surface area contributed by atoms with Crippen molar-refractivity contribution >= 4 is 5.91 Å². The van der Waals surface area contributed by atoms with Crippen LogP contribution in [-0.2, 0) is 9.53 Å². The molecule has 0 heterocycles. The average molecular weight is 266 g/mol. The zero-order valence-corrected chi connectivity index (χ0v) is 11.7. The lowest BCUT2D eigenvalue weighted by Crippen LogP contribution is -2.59. The van der Waals surface area contributed by atoms with E-state index in [-0.39, 0.29) is 12.0 Å². The molecule has 0 aromatic heterocycles. The van der Waals surface area contributed by atoms with Crippen LogP contribution in [0.5, 0.6) is 0 Å². The van der Waals surface area contributed by atoms with Crippen molar-refractivity contribution in [2.75, 3.05) is 6.61 Å². The van der Waals surface area contributed by atoms with E-state index in [1.807, 2.05) is 0 Å². The number of rotatable bonds is 7. The molecule has 2 unspecified atom stereocenters. The SMILES string of the molecule is NC(=O)C1(NC2CC2)CCCC(OCCC2CC2)C1. The van der Waals surface area contributed by atoms with Crippen LogP contribution >= 0.6 is 0 Å². The third-order valence-corrected chi connectivity index (χ3v) is 4.81. The van der Waals surface area contributed by atoms with Crippen LogP contribution in [0.25, 0.3) is 0 Å². The summed E-state index contributed by atoms with van der Waals surface area (Å²) in [5.41, 5.74) is 5.17. The maximum absolute atomic E-state index is 11.9. The highest BCUT2D eigenvalue weighted by Gasteiger charge is 2.44. The lowest BCUT2D eigenvalue weighted by Gasteiger charge is -2.39. The number of ether oxygens (including phenoxy) is 1. The maximum atomic E-state index is 11.9. The number of carbonyl (C=O) groups is 1. The normalized spacial score (nSPS) is 35.3. The second kappa shape index (κ2) is 5.41. The zero-order chi connectivity index (χ0) is 13.3. The fourth-order valence-corrected chi connectivity index (χ4v) is 3.22. The summed E-state index contributed by atoms with van der Waals surface area (Å²) in [7, 11) is 0. The van der Waals surface area contributed by atoms with Gasteiger partial charge in [-0.2, -0.15) is 0 Å². The Kier molecular flexibility index (Phi) is 3.81. The number of amides is 1. The molecule has 3 fully saturated rings. The van der Waals surface area contributed by atoms with Gasteiger partial charge in [-0.3, -0.25) is 4.79 Å². The molecule has 0 aromatic carbocycles. The molecule has 0 spiro atoms. The molecule has 4 heteroatoms. The van der Waals surface area contributed by atoms with E-state index in [9.17, 15) is 4.79 Å². The van der Waals surface area contributed by atoms with Gasteiger partial charge in [0.2, 0.25) is 5.91 Å². The molecule has 19 heavy (non-hydrogen) atoms. The van der Waals surface area contributed by atoms with Gasteiger partial charge >= 0.3 is 0 Å². The topological polar surface area (TPSA) is 64.4 Å². The largest absolute Gasteiger partial charge is 0.378 e. The fraction of sp³-hybridized carbons (Fsp3) is 0.933. The highest BCUT2D eigenvalue weighted by Crippen LogP contribution is 2.35. The van der Waals surface area contributed by atoms with Crippen LogP contribution < -0.4 is 11.1 Å². The lowest BCUT2D eigenvalue weighted by atomic mass is 9.79. The van der Waals surface area contributed by atoms with E-state index in [1.54, 1.807) is 0 Å². The van der Waals surface area contributed by atoms with Crippen LogP contribution in [0.3, 0.4) is 0 Å². The summed E-state index contributed by atoms with van der Waals surface area (Å²) in [5, 5.41) is 3.49. The Hall–Kier alpha value is -0.610. The Morgan fingerprint density at radius 3 is 2.68 bits per heavy atom. The number of hydrogen-bond donors (Lipinski definition) is 2. The second-order valence-corrected chi connectivity index (χ2v) is 6.69. The molecule has 0 radical (unpaired) electrons. The van der Waals surface area contributed by atoms with E-state index in [4.69, 9.17) is 10.5 Å². The summed E-state index contributed by atoms with van der Waals surface area (Å²) in [4.78, 5) is 11.9. The quantitative estimate of drug-likeness (QED) is 0.737. The Morgan fingerprint density at radius 2 is 2.05 bits per heavy atom. The Balaban J connectivity index is 1.52. The minimum Gasteiger partial charge on any atom is -0.378 e. The number of hydrogen-bond acceptors (Lipinski definition) is 3. The fourth-order valence-electron chi connectivity index (χ4n) is 3.22. The Labute approximate surface area is 115 Å². The molecule has 108 valence electrons. The Bertz CT molecular complexity index is 339. The van der Waals surface area contributed by atoms with E-state index in [0.29, 0.717) is 6.04 Å². The van der Waals surface area contributed by atoms with Crippen molar-refractivity contribution in [2.24, 2.45) is 11.7 Å². The zero-order valence-electron chi connectivity index (χ0n) is 11.7. The third kappa shape index (κ3) is 3.48. The van der Waals surface area contributed by atoms with Crippen LogP contribution in [0.15, 0.2) is 0 Å². The standard InChI is InChI=1S/C15H26N2O2/c16-14(18)15(17-12-5-6-12)8-1-2-13(10-15)19-9-7-11-3-4-11/h11-13,17H,1-10H2,(H2,16,18). The smallest absolute Gasteiger partial charge is 0.237 e. The van der Waals surface area contributed by atoms with E-state index in [1.165, 1.54) is 32.1 Å². The summed E-state index contributed by atoms with van der Waals surface area (Å²) >= 11 is 0. The van der Waals surface area contributed by atoms with Crippen molar-refractivity contribution in [3.05, 3.63) is 0 Å². The van der Waals surface area contributed by atoms with Crippen molar-refractivity contribution in [3.63, 3.8) is 0 Å². The van der Waals surface area contributed by atoms with Gasteiger partial charge in [0.1, 0.15) is 5.54 Å². The predicted octanol–water partition coefficient (Wildman–Crippen LogP) is 1.72. The monoisotopic (exact) mass is 266 g/mol. The molecule has 0 aromatic rings. The van der Waals surface area contributed by atoms with Crippen molar-refractivity contribution in [1.82, 2.24) is 5.32 Å². The number of nitrogens with one attached hydrogen (secondary N) is 1. The molecular formula is C15H26N2O2. The summed E-state index contributed by atoms with van der Waals surface area (Å²) in [6, 6.07) is 0.512. The highest BCUT2D eigenvalue weighted by atomic mass is 16.5. The molecule has 3 rings (SSSR count). The van der Waals surface area contributed by atoms with Gasteiger partial charge in [-0.1, -0.05) is 12.8 Å². The number of primary amides is 1. The first-order chi connectivity index (χ1) is 9.18. The molecule has 0 saturated heterocycles. The molecule has 3 saturated carbocycles. The number of nitrogens with two attached hydrogens (primary N) is 1. The van der Waals surface area contributed by atoms with Crippen LogP contribution in [0, 0.1) is 5.92 Å². The molecule has 0 aliphatic heterocycles. The van der Waals surface area contributed by atoms with Gasteiger partial charge in [0, 0.05) is 19.1 Å². The second-order valence-electron chi connectivity index (χ2n) is 6.69. The van der Waals surface area contributed by atoms with Crippen LogP contribution in [0.1, 0.15) is 57.8 Å². The minimum atomic E-state index is -0.496. The van der Waals surface area contributed by atoms with Gasteiger partial charge in [0.25, 0.3) is 0 Å². The van der Waals surface area contributed by atoms with E-state index < -0.39 is 5.54 Å². The van der Waals surface area contributed by atoms with Gasteiger partial charge in [-0.15, -0.1) is 0 Å². The molecule has 0 bridgehead atoms. The molecule has 3 aliphatic rings. The van der Waals surface area contributed by atoms with Crippen molar-refractivity contribution < 1.29 is 9.53 Å². The van der Waals surface area contributed by atoms with Crippen molar-refractivity contribution in [3.8, 4) is 0 Å². The molecule has 3 N–H and O–H groups in total. The maximum Gasteiger partial charge on any atom is 0.237 e. The first-order valence-corrected chi connectivity index (χ1v) is 7.87. The van der Waals surface area contributed by atoms with Crippen molar-refractivity contribution in [1.29, 1.82) is 0 Å². The van der Waals surface area contributed by atoms with E-state index in [0.717, 1.165) is 38.2 Å². The number of carbonyl (C=O) groups excluding carboxylic acids is 1. The van der Waals surface area contributed by atoms with Gasteiger partial charge in [0.05, 0.1) is 6.10 Å². The molecule has 4 nitrogen and oxygen atoms in total. The summed E-state index contributed by atoms with van der Waals surface area (Å²) < 4.78 is 5.99. The lowest BCUT2D eigenvalue weighted by molar-refractivity contribution is -0.128. The summed E-state index contributed by atoms with van der Waals surface area (Å²) in [6.07, 6.45) is 10.3. The predicted molar refractivity (Wildman–Crippen MR) is 73.6 cm³/mol. The molecular weight excluding hydrogens is 240 g/mol. The third-order valence-electron chi connectivity index (χ3n) is 4.81. The minimum absolute atomic E-state index is 0.185. The highest BCUT2D eigenvalue weighted by molar-refractivity contribution is 5.85. The Morgan fingerprint density at radius 1 is 1.26 bits per heavy atom. The first-order valence-electron chi connectivity index (χ1n) is 7.87. The van der Waals surface area contributed by atoms with Gasteiger partial charge in [-0.05, 0) is 44.4 Å². The van der Waals surface area contributed by atoms with Gasteiger partial charge in [0.15, 0.2) is 0 Å². The van der Waals surface area contributed by atoms with E-state index >= 15 is 0 Å². The summed E-state index contributed by atoms with van der Waals surface area (Å²) in [6.45, 7) is 0.855. The summed E-state index contributed by atoms with van der Waals surface area (Å²) in [5.74, 6) is 0.726. The van der Waals surface area contributed by atoms with Gasteiger partial charge in [-0.25, -0.2) is 0 Å². The molecule has 1 amide bonds. The first kappa shape index (κ1) is 13.4. The van der Waals surface area contributed by atoms with Crippen molar-refractivity contribution in [2.45, 2.75) is 75.5 Å². The van der Waals surface area contributed by atoms with Crippen LogP contribution in [0.2, 0.25) is 0 Å². The van der Waals surface area contributed by atoms with Crippen LogP contribution in [0.4, 0.5) is 0 Å². The van der Waals surface area contributed by atoms with E-state index in [2.05, 4.69) is 5.32 Å². The van der Waals surface area contributed by atoms with Crippen LogP contribution in [-0.4, -0.2) is 30.2 Å². The van der Waals surface area contributed by atoms with Gasteiger partial charge < -0.3 is 15.8 Å².